The molecule has 2 heterocycles. The summed E-state index contributed by atoms with van der Waals surface area (Å²) in [6, 6.07) is 6.49. The lowest BCUT2D eigenvalue weighted by Gasteiger charge is -2.28. The van der Waals surface area contributed by atoms with Crippen molar-refractivity contribution in [1.82, 2.24) is 4.98 Å². The molecule has 0 aliphatic carbocycles. The highest BCUT2D eigenvalue weighted by molar-refractivity contribution is 5.87. The summed E-state index contributed by atoms with van der Waals surface area (Å²) in [6.07, 6.45) is 0.743. The molecule has 19 heavy (non-hydrogen) atoms. The number of carbonyl (C=O) groups excluding carboxylic acids is 1. The molecule has 1 fully saturated rings. The molecule has 5 heteroatoms. The summed E-state index contributed by atoms with van der Waals surface area (Å²) < 4.78 is 19.4. The predicted octanol–water partition coefficient (Wildman–Crippen LogP) is 2.02. The molecule has 1 aliphatic heterocycles. The molecular weight excluding hydrogens is 247 g/mol. The molecule has 0 radical (unpaired) electrons. The molecule has 1 aliphatic rings. The third-order valence-electron chi connectivity index (χ3n) is 3.22. The summed E-state index contributed by atoms with van der Waals surface area (Å²) in [5.41, 5.74) is 1.21. The fraction of sp³-hybridized carbons (Fsp3) is 0.286. The number of carbonyl (C=O) groups is 1. The van der Waals surface area contributed by atoms with Gasteiger partial charge >= 0.3 is 0 Å². The Hall–Kier alpha value is -2.01. The quantitative estimate of drug-likeness (QED) is 0.775. The van der Waals surface area contributed by atoms with Gasteiger partial charge in [0.05, 0.1) is 18.7 Å². The van der Waals surface area contributed by atoms with Crippen LogP contribution < -0.4 is 4.90 Å². The fourth-order valence-electron chi connectivity index (χ4n) is 2.23. The Labute approximate surface area is 109 Å². The Kier molecular flexibility index (Phi) is 3.13. The number of aldehydes is 1. The van der Waals surface area contributed by atoms with E-state index in [0.29, 0.717) is 48.6 Å². The molecule has 1 aromatic heterocycles. The van der Waals surface area contributed by atoms with Gasteiger partial charge in [0.1, 0.15) is 6.29 Å². The van der Waals surface area contributed by atoms with E-state index in [1.165, 1.54) is 6.07 Å². The summed E-state index contributed by atoms with van der Waals surface area (Å²) in [6.45, 7) is 2.45. The first-order valence-corrected chi connectivity index (χ1v) is 6.16. The minimum atomic E-state index is -0.363. The van der Waals surface area contributed by atoms with Crippen LogP contribution in [0.2, 0.25) is 0 Å². The number of ether oxygens (including phenoxy) is 1. The van der Waals surface area contributed by atoms with E-state index < -0.39 is 0 Å². The van der Waals surface area contributed by atoms with Gasteiger partial charge in [-0.05, 0) is 24.3 Å². The summed E-state index contributed by atoms with van der Waals surface area (Å²) in [7, 11) is 0. The standard InChI is InChI=1S/C14H13FN2O2/c15-12-8-11-7-10(9-18)1-2-13(11)16-14(12)17-3-5-19-6-4-17/h1-2,7-9H,3-6H2. The van der Waals surface area contributed by atoms with Crippen molar-refractivity contribution in [3.05, 3.63) is 35.6 Å². The van der Waals surface area contributed by atoms with E-state index in [0.717, 1.165) is 6.29 Å². The second kappa shape index (κ2) is 4.93. The predicted molar refractivity (Wildman–Crippen MR) is 70.1 cm³/mol. The number of halogens is 1. The normalized spacial score (nSPS) is 15.7. The Morgan fingerprint density at radius 3 is 2.79 bits per heavy atom. The number of pyridine rings is 1. The van der Waals surface area contributed by atoms with Crippen LogP contribution in [0.15, 0.2) is 24.3 Å². The van der Waals surface area contributed by atoms with Crippen LogP contribution in [0.3, 0.4) is 0 Å². The van der Waals surface area contributed by atoms with Crippen molar-refractivity contribution in [2.45, 2.75) is 0 Å². The zero-order valence-electron chi connectivity index (χ0n) is 10.3. The first kappa shape index (κ1) is 12.0. The van der Waals surface area contributed by atoms with Crippen LogP contribution in [0.25, 0.3) is 10.9 Å². The smallest absolute Gasteiger partial charge is 0.166 e. The van der Waals surface area contributed by atoms with E-state index in [4.69, 9.17) is 4.74 Å². The molecule has 0 N–H and O–H groups in total. The molecule has 98 valence electrons. The molecule has 1 saturated heterocycles. The lowest BCUT2D eigenvalue weighted by Crippen LogP contribution is -2.37. The maximum absolute atomic E-state index is 14.1. The van der Waals surface area contributed by atoms with E-state index >= 15 is 0 Å². The minimum absolute atomic E-state index is 0.356. The fourth-order valence-corrected chi connectivity index (χ4v) is 2.23. The molecule has 0 bridgehead atoms. The van der Waals surface area contributed by atoms with Crippen LogP contribution in [0.1, 0.15) is 10.4 Å². The maximum Gasteiger partial charge on any atom is 0.166 e. The molecule has 0 atom stereocenters. The van der Waals surface area contributed by atoms with Crippen LogP contribution in [-0.4, -0.2) is 37.6 Å². The van der Waals surface area contributed by atoms with Crippen LogP contribution in [0, 0.1) is 5.82 Å². The van der Waals surface area contributed by atoms with E-state index in [1.54, 1.807) is 18.2 Å². The van der Waals surface area contributed by atoms with Gasteiger partial charge in [-0.2, -0.15) is 0 Å². The van der Waals surface area contributed by atoms with Gasteiger partial charge < -0.3 is 9.64 Å². The highest BCUT2D eigenvalue weighted by Crippen LogP contribution is 2.23. The SMILES string of the molecule is O=Cc1ccc2nc(N3CCOCC3)c(F)cc2c1. The molecular formula is C14H13FN2O2. The van der Waals surface area contributed by atoms with Gasteiger partial charge in [0.15, 0.2) is 11.6 Å². The topological polar surface area (TPSA) is 42.4 Å². The van der Waals surface area contributed by atoms with Crippen molar-refractivity contribution in [2.24, 2.45) is 0 Å². The second-order valence-electron chi connectivity index (χ2n) is 4.46. The van der Waals surface area contributed by atoms with Crippen LogP contribution in [-0.2, 0) is 4.74 Å². The Balaban J connectivity index is 2.06. The Morgan fingerprint density at radius 1 is 1.26 bits per heavy atom. The molecule has 0 saturated carbocycles. The number of benzene rings is 1. The maximum atomic E-state index is 14.1. The van der Waals surface area contributed by atoms with Crippen molar-refractivity contribution in [2.75, 3.05) is 31.2 Å². The molecule has 3 rings (SSSR count). The second-order valence-corrected chi connectivity index (χ2v) is 4.46. The van der Waals surface area contributed by atoms with Crippen molar-refractivity contribution in [1.29, 1.82) is 0 Å². The van der Waals surface area contributed by atoms with E-state index in [-0.39, 0.29) is 5.82 Å². The average molecular weight is 260 g/mol. The van der Waals surface area contributed by atoms with Gasteiger partial charge in [-0.25, -0.2) is 9.37 Å². The zero-order chi connectivity index (χ0) is 13.2. The molecule has 1 aromatic carbocycles. The Bertz CT molecular complexity index is 624. The number of hydrogen-bond donors (Lipinski definition) is 0. The number of anilines is 1. The summed E-state index contributed by atoms with van der Waals surface area (Å²) >= 11 is 0. The number of hydrogen-bond acceptors (Lipinski definition) is 4. The third kappa shape index (κ3) is 2.29. The zero-order valence-corrected chi connectivity index (χ0v) is 10.3. The molecule has 0 spiro atoms. The number of aromatic nitrogens is 1. The van der Waals surface area contributed by atoms with Crippen LogP contribution >= 0.6 is 0 Å². The van der Waals surface area contributed by atoms with E-state index in [2.05, 4.69) is 4.98 Å². The van der Waals surface area contributed by atoms with Gasteiger partial charge in [0, 0.05) is 24.0 Å². The third-order valence-corrected chi connectivity index (χ3v) is 3.22. The van der Waals surface area contributed by atoms with E-state index in [1.807, 2.05) is 4.90 Å². The Morgan fingerprint density at radius 2 is 2.05 bits per heavy atom. The minimum Gasteiger partial charge on any atom is -0.378 e. The summed E-state index contributed by atoms with van der Waals surface area (Å²) in [5.74, 6) is -0.00731. The molecule has 0 amide bonds. The van der Waals surface area contributed by atoms with Crippen LogP contribution in [0.4, 0.5) is 10.2 Å². The van der Waals surface area contributed by atoms with Crippen molar-refractivity contribution in [3.63, 3.8) is 0 Å². The molecule has 2 aromatic rings. The molecule has 4 nitrogen and oxygen atoms in total. The largest absolute Gasteiger partial charge is 0.378 e. The van der Waals surface area contributed by atoms with Gasteiger partial charge in [0.25, 0.3) is 0 Å². The van der Waals surface area contributed by atoms with Gasteiger partial charge in [0.2, 0.25) is 0 Å². The molecule has 0 unspecified atom stereocenters. The monoisotopic (exact) mass is 260 g/mol. The number of nitrogens with zero attached hydrogens (tertiary/aromatic N) is 2. The van der Waals surface area contributed by atoms with Gasteiger partial charge in [-0.1, -0.05) is 0 Å². The average Bonchev–Trinajstić information content (AvgIpc) is 2.47. The first-order chi connectivity index (χ1) is 9.28. The van der Waals surface area contributed by atoms with E-state index in [9.17, 15) is 9.18 Å². The number of morpholine rings is 1. The lowest BCUT2D eigenvalue weighted by atomic mass is 10.1. The number of fused-ring (bicyclic) bond motifs is 1. The van der Waals surface area contributed by atoms with Crippen LogP contribution in [0.5, 0.6) is 0 Å². The van der Waals surface area contributed by atoms with Crippen molar-refractivity contribution < 1.29 is 13.9 Å². The highest BCUT2D eigenvalue weighted by atomic mass is 19.1. The number of rotatable bonds is 2. The van der Waals surface area contributed by atoms with Gasteiger partial charge in [-0.3, -0.25) is 4.79 Å². The highest BCUT2D eigenvalue weighted by Gasteiger charge is 2.17. The summed E-state index contributed by atoms with van der Waals surface area (Å²) in [5, 5.41) is 0.638. The summed E-state index contributed by atoms with van der Waals surface area (Å²) in [4.78, 5) is 16.9. The van der Waals surface area contributed by atoms with Gasteiger partial charge in [-0.15, -0.1) is 0 Å². The lowest BCUT2D eigenvalue weighted by molar-refractivity contribution is 0.112. The van der Waals surface area contributed by atoms with Crippen molar-refractivity contribution in [3.8, 4) is 0 Å². The van der Waals surface area contributed by atoms with Crippen molar-refractivity contribution >= 4 is 23.0 Å². The first-order valence-electron chi connectivity index (χ1n) is 6.16.